The molecule has 0 bridgehead atoms. The van der Waals surface area contributed by atoms with Crippen molar-refractivity contribution in [2.24, 2.45) is 5.84 Å². The average molecular weight is 172 g/mol. The summed E-state index contributed by atoms with van der Waals surface area (Å²) >= 11 is 0. The highest BCUT2D eigenvalue weighted by Crippen LogP contribution is 1.89. The van der Waals surface area contributed by atoms with E-state index in [4.69, 9.17) is 10.6 Å². The molecule has 0 fully saturated rings. The molecule has 1 amide bonds. The van der Waals surface area contributed by atoms with E-state index in [1.807, 2.05) is 19.1 Å². The maximum atomic E-state index is 10.6. The summed E-state index contributed by atoms with van der Waals surface area (Å²) in [5.74, 6) is 4.73. The van der Waals surface area contributed by atoms with Gasteiger partial charge in [0, 0.05) is 13.0 Å². The molecule has 3 N–H and O–H groups in total. The van der Waals surface area contributed by atoms with Crippen molar-refractivity contribution >= 4 is 5.91 Å². The minimum absolute atomic E-state index is 0.148. The summed E-state index contributed by atoms with van der Waals surface area (Å²) in [4.78, 5) is 10.6. The molecule has 0 atom stereocenters. The Morgan fingerprint density at radius 2 is 2.42 bits per heavy atom. The molecular formula is C8H16N2O2. The monoisotopic (exact) mass is 172 g/mol. The number of rotatable bonds is 6. The van der Waals surface area contributed by atoms with Gasteiger partial charge in [-0.25, -0.2) is 5.84 Å². The Hall–Kier alpha value is -0.870. The van der Waals surface area contributed by atoms with E-state index in [1.165, 1.54) is 0 Å². The van der Waals surface area contributed by atoms with E-state index in [9.17, 15) is 4.79 Å². The van der Waals surface area contributed by atoms with E-state index in [2.05, 4.69) is 5.43 Å². The number of nitrogens with one attached hydrogen (secondary N) is 1. The lowest BCUT2D eigenvalue weighted by Crippen LogP contribution is -2.29. The first-order chi connectivity index (χ1) is 5.81. The van der Waals surface area contributed by atoms with Crippen molar-refractivity contribution in [1.82, 2.24) is 5.43 Å². The summed E-state index contributed by atoms with van der Waals surface area (Å²) < 4.78 is 5.16. The molecule has 0 saturated heterocycles. The van der Waals surface area contributed by atoms with Crippen molar-refractivity contribution in [3.8, 4) is 0 Å². The van der Waals surface area contributed by atoms with Crippen LogP contribution in [0.4, 0.5) is 0 Å². The highest BCUT2D eigenvalue weighted by molar-refractivity contribution is 5.75. The quantitative estimate of drug-likeness (QED) is 0.200. The zero-order chi connectivity index (χ0) is 9.23. The lowest BCUT2D eigenvalue weighted by molar-refractivity contribution is -0.121. The van der Waals surface area contributed by atoms with Crippen LogP contribution in [0.1, 0.15) is 19.8 Å². The molecule has 0 aliphatic rings. The number of amides is 1. The predicted octanol–water partition coefficient (Wildman–Crippen LogP) is 0.349. The summed E-state index contributed by atoms with van der Waals surface area (Å²) in [6.07, 6.45) is 4.97. The number of hydrazine groups is 1. The van der Waals surface area contributed by atoms with Gasteiger partial charge in [0.05, 0.1) is 6.61 Å². The summed E-state index contributed by atoms with van der Waals surface area (Å²) in [5.41, 5.74) is 2.06. The normalized spacial score (nSPS) is 10.5. The van der Waals surface area contributed by atoms with Crippen LogP contribution in [-0.2, 0) is 9.53 Å². The van der Waals surface area contributed by atoms with Crippen LogP contribution >= 0.6 is 0 Å². The second-order valence-corrected chi connectivity index (χ2v) is 2.32. The number of ether oxygens (including phenoxy) is 1. The number of nitrogens with two attached hydrogens (primary N) is 1. The molecule has 12 heavy (non-hydrogen) atoms. The summed E-state index contributed by atoms with van der Waals surface area (Å²) in [5, 5.41) is 0. The molecular weight excluding hydrogens is 156 g/mol. The van der Waals surface area contributed by atoms with Crippen molar-refractivity contribution in [3.63, 3.8) is 0 Å². The number of carbonyl (C=O) groups excluding carboxylic acids is 1. The molecule has 0 aromatic rings. The van der Waals surface area contributed by atoms with Crippen molar-refractivity contribution in [3.05, 3.63) is 12.2 Å². The first-order valence-electron chi connectivity index (χ1n) is 3.99. The van der Waals surface area contributed by atoms with Crippen LogP contribution in [0.25, 0.3) is 0 Å². The minimum atomic E-state index is -0.148. The van der Waals surface area contributed by atoms with Gasteiger partial charge in [0.25, 0.3) is 0 Å². The van der Waals surface area contributed by atoms with E-state index < -0.39 is 0 Å². The van der Waals surface area contributed by atoms with E-state index in [0.29, 0.717) is 26.1 Å². The molecule has 0 unspecified atom stereocenters. The SMILES string of the molecule is CC=CCOCCCC(=O)NN. The van der Waals surface area contributed by atoms with Crippen molar-refractivity contribution in [2.45, 2.75) is 19.8 Å². The maximum absolute atomic E-state index is 10.6. The first-order valence-corrected chi connectivity index (χ1v) is 3.99. The van der Waals surface area contributed by atoms with Gasteiger partial charge in [-0.1, -0.05) is 12.2 Å². The molecule has 70 valence electrons. The van der Waals surface area contributed by atoms with E-state index in [-0.39, 0.29) is 5.91 Å². The molecule has 0 heterocycles. The fraction of sp³-hybridized carbons (Fsp3) is 0.625. The fourth-order valence-electron chi connectivity index (χ4n) is 0.655. The van der Waals surface area contributed by atoms with Crippen molar-refractivity contribution in [1.29, 1.82) is 0 Å². The molecule has 0 aliphatic heterocycles. The molecule has 0 rings (SSSR count). The largest absolute Gasteiger partial charge is 0.377 e. The van der Waals surface area contributed by atoms with Gasteiger partial charge in [-0.05, 0) is 13.3 Å². The minimum Gasteiger partial charge on any atom is -0.377 e. The van der Waals surface area contributed by atoms with Crippen LogP contribution in [0.15, 0.2) is 12.2 Å². The molecule has 0 aromatic carbocycles. The van der Waals surface area contributed by atoms with Gasteiger partial charge in [-0.2, -0.15) is 0 Å². The topological polar surface area (TPSA) is 64.3 Å². The van der Waals surface area contributed by atoms with Crippen molar-refractivity contribution in [2.75, 3.05) is 13.2 Å². The van der Waals surface area contributed by atoms with Gasteiger partial charge in [0.2, 0.25) is 5.91 Å². The summed E-state index contributed by atoms with van der Waals surface area (Å²) in [7, 11) is 0. The molecule has 0 radical (unpaired) electrons. The maximum Gasteiger partial charge on any atom is 0.233 e. The van der Waals surface area contributed by atoms with Gasteiger partial charge >= 0.3 is 0 Å². The molecule has 0 aromatic heterocycles. The Morgan fingerprint density at radius 1 is 1.67 bits per heavy atom. The van der Waals surface area contributed by atoms with Gasteiger partial charge < -0.3 is 4.74 Å². The third-order valence-corrected chi connectivity index (χ3v) is 1.30. The van der Waals surface area contributed by atoms with Gasteiger partial charge in [-0.15, -0.1) is 0 Å². The van der Waals surface area contributed by atoms with E-state index >= 15 is 0 Å². The Balaban J connectivity index is 3.05. The second kappa shape index (κ2) is 8.23. The smallest absolute Gasteiger partial charge is 0.233 e. The predicted molar refractivity (Wildman–Crippen MR) is 47.2 cm³/mol. The Labute approximate surface area is 72.7 Å². The van der Waals surface area contributed by atoms with Gasteiger partial charge in [-0.3, -0.25) is 10.2 Å². The molecule has 4 heteroatoms. The van der Waals surface area contributed by atoms with Crippen molar-refractivity contribution < 1.29 is 9.53 Å². The number of allylic oxidation sites excluding steroid dienone is 1. The average Bonchev–Trinajstić information content (AvgIpc) is 2.10. The standard InChI is InChI=1S/C8H16N2O2/c1-2-3-6-12-7-4-5-8(11)10-9/h2-3H,4-7,9H2,1H3,(H,10,11). The Kier molecular flexibility index (Phi) is 7.63. The van der Waals surface area contributed by atoms with Crippen LogP contribution in [0.3, 0.4) is 0 Å². The lowest BCUT2D eigenvalue weighted by Gasteiger charge is -2.00. The molecule has 0 aliphatic carbocycles. The van der Waals surface area contributed by atoms with E-state index in [1.54, 1.807) is 0 Å². The van der Waals surface area contributed by atoms with Crippen LogP contribution in [0.2, 0.25) is 0 Å². The van der Waals surface area contributed by atoms with Crippen LogP contribution in [-0.4, -0.2) is 19.1 Å². The summed E-state index contributed by atoms with van der Waals surface area (Å²) in [6, 6.07) is 0. The Bertz CT molecular complexity index is 146. The van der Waals surface area contributed by atoms with Crippen LogP contribution in [0, 0.1) is 0 Å². The molecule has 4 nitrogen and oxygen atoms in total. The Morgan fingerprint density at radius 3 is 3.00 bits per heavy atom. The second-order valence-electron chi connectivity index (χ2n) is 2.32. The highest BCUT2D eigenvalue weighted by atomic mass is 16.5. The van der Waals surface area contributed by atoms with Crippen LogP contribution < -0.4 is 11.3 Å². The third kappa shape index (κ3) is 7.24. The van der Waals surface area contributed by atoms with Crippen LogP contribution in [0.5, 0.6) is 0 Å². The number of hydrogen-bond acceptors (Lipinski definition) is 3. The number of hydrogen-bond donors (Lipinski definition) is 2. The molecule has 0 spiro atoms. The number of carbonyl (C=O) groups is 1. The first kappa shape index (κ1) is 11.1. The zero-order valence-electron chi connectivity index (χ0n) is 7.38. The molecule has 0 saturated carbocycles. The summed E-state index contributed by atoms with van der Waals surface area (Å²) in [6.45, 7) is 3.14. The highest BCUT2D eigenvalue weighted by Gasteiger charge is 1.96. The fourth-order valence-corrected chi connectivity index (χ4v) is 0.655. The lowest BCUT2D eigenvalue weighted by atomic mass is 10.3. The zero-order valence-corrected chi connectivity index (χ0v) is 7.38. The van der Waals surface area contributed by atoms with Gasteiger partial charge in [0.1, 0.15) is 0 Å². The van der Waals surface area contributed by atoms with Gasteiger partial charge in [0.15, 0.2) is 0 Å². The third-order valence-electron chi connectivity index (χ3n) is 1.30. The van der Waals surface area contributed by atoms with E-state index in [0.717, 1.165) is 0 Å².